The van der Waals surface area contributed by atoms with Crippen molar-refractivity contribution >= 4 is 11.6 Å². The minimum absolute atomic E-state index is 0.207. The number of nitrogens with zero attached hydrogens (tertiary/aromatic N) is 3. The summed E-state index contributed by atoms with van der Waals surface area (Å²) in [5.41, 5.74) is 7.37. The van der Waals surface area contributed by atoms with Gasteiger partial charge in [-0.15, -0.1) is 0 Å². The molecule has 0 bridgehead atoms. The SMILES string of the molecule is CC(C)c1[nH]nc(C(=O)NCCn2cccn2)c1N. The van der Waals surface area contributed by atoms with Gasteiger partial charge in [-0.2, -0.15) is 10.2 Å². The molecule has 1 amide bonds. The van der Waals surface area contributed by atoms with E-state index in [1.165, 1.54) is 0 Å². The van der Waals surface area contributed by atoms with Crippen molar-refractivity contribution in [1.82, 2.24) is 25.3 Å². The first-order chi connectivity index (χ1) is 9.09. The highest BCUT2D eigenvalue weighted by Crippen LogP contribution is 2.21. The predicted molar refractivity (Wildman–Crippen MR) is 71.6 cm³/mol. The van der Waals surface area contributed by atoms with Gasteiger partial charge in [-0.05, 0) is 12.0 Å². The molecule has 2 aromatic heterocycles. The summed E-state index contributed by atoms with van der Waals surface area (Å²) in [4.78, 5) is 11.9. The molecule has 0 radical (unpaired) electrons. The van der Waals surface area contributed by atoms with Gasteiger partial charge in [0.25, 0.3) is 5.91 Å². The van der Waals surface area contributed by atoms with E-state index in [1.807, 2.05) is 26.1 Å². The molecule has 0 aromatic carbocycles. The summed E-state index contributed by atoms with van der Waals surface area (Å²) in [6.45, 7) is 5.07. The van der Waals surface area contributed by atoms with Crippen LogP contribution in [-0.2, 0) is 6.54 Å². The minimum atomic E-state index is -0.271. The first kappa shape index (κ1) is 13.1. The fraction of sp³-hybridized carbons (Fsp3) is 0.417. The van der Waals surface area contributed by atoms with Crippen LogP contribution in [-0.4, -0.2) is 32.4 Å². The number of aromatic amines is 1. The summed E-state index contributed by atoms with van der Waals surface area (Å²) in [6.07, 6.45) is 3.54. The number of hydrogen-bond donors (Lipinski definition) is 3. The lowest BCUT2D eigenvalue weighted by Crippen LogP contribution is -2.28. The topological polar surface area (TPSA) is 102 Å². The number of H-pyrrole nitrogens is 1. The summed E-state index contributed by atoms with van der Waals surface area (Å²) >= 11 is 0. The average molecular weight is 262 g/mol. The van der Waals surface area contributed by atoms with Gasteiger partial charge in [0, 0.05) is 18.9 Å². The monoisotopic (exact) mass is 262 g/mol. The van der Waals surface area contributed by atoms with Crippen molar-refractivity contribution in [3.63, 3.8) is 0 Å². The van der Waals surface area contributed by atoms with Crippen LogP contribution >= 0.6 is 0 Å². The molecule has 2 aromatic rings. The van der Waals surface area contributed by atoms with Crippen molar-refractivity contribution in [1.29, 1.82) is 0 Å². The van der Waals surface area contributed by atoms with Gasteiger partial charge in [-0.3, -0.25) is 14.6 Å². The molecule has 4 N–H and O–H groups in total. The van der Waals surface area contributed by atoms with Gasteiger partial charge in [0.2, 0.25) is 0 Å². The lowest BCUT2D eigenvalue weighted by Gasteiger charge is -2.05. The maximum atomic E-state index is 11.9. The van der Waals surface area contributed by atoms with Crippen LogP contribution in [0.3, 0.4) is 0 Å². The Labute approximate surface area is 111 Å². The molecule has 7 heteroatoms. The number of carbonyl (C=O) groups is 1. The fourth-order valence-electron chi connectivity index (χ4n) is 1.78. The Morgan fingerprint density at radius 1 is 1.58 bits per heavy atom. The van der Waals surface area contributed by atoms with Crippen LogP contribution in [0.25, 0.3) is 0 Å². The zero-order valence-electron chi connectivity index (χ0n) is 11.1. The van der Waals surface area contributed by atoms with Crippen molar-refractivity contribution in [2.45, 2.75) is 26.3 Å². The molecule has 19 heavy (non-hydrogen) atoms. The second kappa shape index (κ2) is 5.55. The van der Waals surface area contributed by atoms with Crippen molar-refractivity contribution in [2.24, 2.45) is 0 Å². The molecule has 102 valence electrons. The molecule has 0 spiro atoms. The van der Waals surface area contributed by atoms with Crippen LogP contribution < -0.4 is 11.1 Å². The third-order valence-electron chi connectivity index (χ3n) is 2.81. The summed E-state index contributed by atoms with van der Waals surface area (Å²) in [7, 11) is 0. The van der Waals surface area contributed by atoms with Crippen molar-refractivity contribution < 1.29 is 4.79 Å². The Hall–Kier alpha value is -2.31. The van der Waals surface area contributed by atoms with E-state index in [1.54, 1.807) is 10.9 Å². The van der Waals surface area contributed by atoms with Crippen molar-refractivity contribution in [2.75, 3.05) is 12.3 Å². The molecule has 0 aliphatic rings. The second-order valence-electron chi connectivity index (χ2n) is 4.58. The Morgan fingerprint density at radius 2 is 2.37 bits per heavy atom. The average Bonchev–Trinajstić information content (AvgIpc) is 2.98. The number of nitrogen functional groups attached to an aromatic ring is 1. The third kappa shape index (κ3) is 2.93. The number of amides is 1. The van der Waals surface area contributed by atoms with Crippen LogP contribution in [0.5, 0.6) is 0 Å². The molecule has 7 nitrogen and oxygen atoms in total. The van der Waals surface area contributed by atoms with Gasteiger partial charge in [-0.25, -0.2) is 0 Å². The van der Waals surface area contributed by atoms with Gasteiger partial charge in [0.05, 0.1) is 17.9 Å². The number of nitrogens with one attached hydrogen (secondary N) is 2. The normalized spacial score (nSPS) is 10.9. The smallest absolute Gasteiger partial charge is 0.274 e. The van der Waals surface area contributed by atoms with Gasteiger partial charge in [0.15, 0.2) is 5.69 Å². The minimum Gasteiger partial charge on any atom is -0.395 e. The highest BCUT2D eigenvalue weighted by molar-refractivity contribution is 5.97. The van der Waals surface area contributed by atoms with E-state index in [0.29, 0.717) is 18.8 Å². The maximum Gasteiger partial charge on any atom is 0.274 e. The highest BCUT2D eigenvalue weighted by Gasteiger charge is 2.18. The lowest BCUT2D eigenvalue weighted by atomic mass is 10.1. The van der Waals surface area contributed by atoms with E-state index in [9.17, 15) is 4.79 Å². The summed E-state index contributed by atoms with van der Waals surface area (Å²) in [5, 5.41) is 13.6. The van der Waals surface area contributed by atoms with E-state index in [-0.39, 0.29) is 17.5 Å². The summed E-state index contributed by atoms with van der Waals surface area (Å²) in [5.74, 6) is -0.0640. The molecule has 2 heterocycles. The number of rotatable bonds is 5. The molecule has 0 saturated heterocycles. The van der Waals surface area contributed by atoms with Crippen LogP contribution in [0.2, 0.25) is 0 Å². The van der Waals surface area contributed by atoms with Crippen molar-refractivity contribution in [3.8, 4) is 0 Å². The number of aromatic nitrogens is 4. The molecular formula is C12H18N6O. The maximum absolute atomic E-state index is 11.9. The quantitative estimate of drug-likeness (QED) is 0.739. The molecular weight excluding hydrogens is 244 g/mol. The van der Waals surface area contributed by atoms with E-state index < -0.39 is 0 Å². The van der Waals surface area contributed by atoms with Gasteiger partial charge < -0.3 is 11.1 Å². The number of hydrogen-bond acceptors (Lipinski definition) is 4. The molecule has 0 atom stereocenters. The lowest BCUT2D eigenvalue weighted by molar-refractivity contribution is 0.0948. The van der Waals surface area contributed by atoms with Gasteiger partial charge in [-0.1, -0.05) is 13.8 Å². The Morgan fingerprint density at radius 3 is 2.95 bits per heavy atom. The largest absolute Gasteiger partial charge is 0.395 e. The Kier molecular flexibility index (Phi) is 3.84. The summed E-state index contributed by atoms with van der Waals surface area (Å²) in [6, 6.07) is 1.84. The Balaban J connectivity index is 1.93. The van der Waals surface area contributed by atoms with Crippen LogP contribution in [0.4, 0.5) is 5.69 Å². The van der Waals surface area contributed by atoms with Crippen molar-refractivity contribution in [3.05, 3.63) is 29.8 Å². The standard InChI is InChI=1S/C12H18N6O/c1-8(2)10-9(13)11(17-16-10)12(19)14-5-7-18-6-3-4-15-18/h3-4,6,8H,5,7,13H2,1-2H3,(H,14,19)(H,16,17). The van der Waals surface area contributed by atoms with Crippen LogP contribution in [0.1, 0.15) is 35.9 Å². The van der Waals surface area contributed by atoms with E-state index >= 15 is 0 Å². The second-order valence-corrected chi connectivity index (χ2v) is 4.58. The zero-order chi connectivity index (χ0) is 13.8. The zero-order valence-corrected chi connectivity index (χ0v) is 11.1. The molecule has 0 aliphatic carbocycles. The molecule has 0 fully saturated rings. The molecule has 0 unspecified atom stereocenters. The van der Waals surface area contributed by atoms with Gasteiger partial charge >= 0.3 is 0 Å². The Bertz CT molecular complexity index is 543. The van der Waals surface area contributed by atoms with E-state index in [2.05, 4.69) is 20.6 Å². The van der Waals surface area contributed by atoms with Gasteiger partial charge in [0.1, 0.15) is 0 Å². The number of nitrogens with two attached hydrogens (primary N) is 1. The van der Waals surface area contributed by atoms with E-state index in [4.69, 9.17) is 5.73 Å². The third-order valence-corrected chi connectivity index (χ3v) is 2.81. The first-order valence-electron chi connectivity index (χ1n) is 6.19. The fourth-order valence-corrected chi connectivity index (χ4v) is 1.78. The molecule has 2 rings (SSSR count). The highest BCUT2D eigenvalue weighted by atomic mass is 16.1. The van der Waals surface area contributed by atoms with Crippen LogP contribution in [0.15, 0.2) is 18.5 Å². The summed E-state index contributed by atoms with van der Waals surface area (Å²) < 4.78 is 1.74. The molecule has 0 aliphatic heterocycles. The first-order valence-corrected chi connectivity index (χ1v) is 6.19. The predicted octanol–water partition coefficient (Wildman–Crippen LogP) is 0.742. The number of anilines is 1. The van der Waals surface area contributed by atoms with E-state index in [0.717, 1.165) is 5.69 Å². The van der Waals surface area contributed by atoms with Crippen LogP contribution in [0, 0.1) is 0 Å². The molecule has 0 saturated carbocycles. The number of carbonyl (C=O) groups excluding carboxylic acids is 1.